The molecule has 1 amide bonds. The van der Waals surface area contributed by atoms with Gasteiger partial charge in [0.25, 0.3) is 0 Å². The summed E-state index contributed by atoms with van der Waals surface area (Å²) in [6, 6.07) is 0.488. The molecule has 2 heterocycles. The number of carbonyl (C=O) groups is 1. The number of nitrogens with zero attached hydrogens (tertiary/aromatic N) is 4. The van der Waals surface area contributed by atoms with E-state index in [1.54, 1.807) is 0 Å². The van der Waals surface area contributed by atoms with Crippen LogP contribution in [0.5, 0.6) is 0 Å². The number of rotatable bonds is 6. The van der Waals surface area contributed by atoms with Crippen LogP contribution < -0.4 is 11.1 Å². The molecule has 0 aromatic carbocycles. The van der Waals surface area contributed by atoms with Crippen LogP contribution in [0.1, 0.15) is 33.1 Å². The lowest BCUT2D eigenvalue weighted by atomic mass is 9.95. The van der Waals surface area contributed by atoms with Crippen molar-refractivity contribution in [1.29, 1.82) is 0 Å². The fourth-order valence-corrected chi connectivity index (χ4v) is 3.93. The van der Waals surface area contributed by atoms with Crippen LogP contribution in [0.3, 0.4) is 0 Å². The lowest BCUT2D eigenvalue weighted by molar-refractivity contribution is -0.119. The van der Waals surface area contributed by atoms with Gasteiger partial charge in [-0.2, -0.15) is 0 Å². The highest BCUT2D eigenvalue weighted by Crippen LogP contribution is 2.19. The number of likely N-dealkylation sites (N-methyl/N-ethyl adjacent to an activating group) is 1. The van der Waals surface area contributed by atoms with E-state index in [-0.39, 0.29) is 5.91 Å². The number of nitrogens with one attached hydrogen (secondary N) is 1. The van der Waals surface area contributed by atoms with Crippen molar-refractivity contribution >= 4 is 11.9 Å². The first-order valence-corrected chi connectivity index (χ1v) is 9.73. The first kappa shape index (κ1) is 20.0. The summed E-state index contributed by atoms with van der Waals surface area (Å²) in [6.45, 7) is 13.0. The number of amides is 1. The molecule has 0 aromatic rings. The van der Waals surface area contributed by atoms with Gasteiger partial charge in [0.1, 0.15) is 0 Å². The monoisotopic (exact) mass is 352 g/mol. The second-order valence-corrected chi connectivity index (χ2v) is 7.37. The molecule has 7 heteroatoms. The fourth-order valence-electron chi connectivity index (χ4n) is 3.93. The van der Waals surface area contributed by atoms with E-state index < -0.39 is 0 Å². The van der Waals surface area contributed by atoms with E-state index in [0.29, 0.717) is 18.4 Å². The molecule has 144 valence electrons. The molecule has 2 saturated heterocycles. The number of piperazine rings is 1. The third kappa shape index (κ3) is 6.15. The van der Waals surface area contributed by atoms with Gasteiger partial charge in [0.15, 0.2) is 5.96 Å². The van der Waals surface area contributed by atoms with E-state index in [4.69, 9.17) is 5.73 Å². The Bertz CT molecular complexity index is 447. The molecule has 2 atom stereocenters. The average Bonchev–Trinajstić information content (AvgIpc) is 2.62. The normalized spacial score (nSPS) is 25.0. The van der Waals surface area contributed by atoms with Crippen LogP contribution in [-0.2, 0) is 4.79 Å². The Balaban J connectivity index is 1.78. The Morgan fingerprint density at radius 2 is 2.00 bits per heavy atom. The summed E-state index contributed by atoms with van der Waals surface area (Å²) >= 11 is 0. The largest absolute Gasteiger partial charge is 0.370 e. The van der Waals surface area contributed by atoms with Crippen LogP contribution in [0.25, 0.3) is 0 Å². The third-order valence-corrected chi connectivity index (χ3v) is 5.55. The number of likely N-dealkylation sites (tertiary alicyclic amines) is 1. The molecule has 0 saturated carbocycles. The Morgan fingerprint density at radius 1 is 1.28 bits per heavy atom. The van der Waals surface area contributed by atoms with Gasteiger partial charge in [-0.15, -0.1) is 0 Å². The van der Waals surface area contributed by atoms with E-state index in [1.165, 1.54) is 0 Å². The van der Waals surface area contributed by atoms with Crippen LogP contribution in [0.15, 0.2) is 4.99 Å². The van der Waals surface area contributed by atoms with E-state index in [2.05, 4.69) is 38.9 Å². The number of hydrogen-bond donors (Lipinski definition) is 2. The van der Waals surface area contributed by atoms with E-state index >= 15 is 0 Å². The van der Waals surface area contributed by atoms with Crippen molar-refractivity contribution in [2.75, 3.05) is 59.4 Å². The van der Waals surface area contributed by atoms with Crippen LogP contribution in [0.4, 0.5) is 0 Å². The highest BCUT2D eigenvalue weighted by atomic mass is 16.1. The quantitative estimate of drug-likeness (QED) is 0.527. The number of primary amides is 1. The molecule has 25 heavy (non-hydrogen) atoms. The molecule has 3 N–H and O–H groups in total. The zero-order valence-electron chi connectivity index (χ0n) is 16.2. The molecule has 2 aliphatic rings. The molecule has 7 nitrogen and oxygen atoms in total. The Labute approximate surface area is 152 Å². The van der Waals surface area contributed by atoms with Gasteiger partial charge in [-0.25, -0.2) is 0 Å². The van der Waals surface area contributed by atoms with Crippen LogP contribution in [-0.4, -0.2) is 92.0 Å². The van der Waals surface area contributed by atoms with Crippen LogP contribution in [0, 0.1) is 5.92 Å². The van der Waals surface area contributed by atoms with Crippen LogP contribution >= 0.6 is 0 Å². The SMILES string of the molecule is CCN1CCN(C(C)CNC(=NC)N2CCCC(CC(N)=O)C2)CC1. The molecule has 0 radical (unpaired) electrons. The number of nitrogens with two attached hydrogens (primary N) is 1. The molecule has 0 aromatic heterocycles. The third-order valence-electron chi connectivity index (χ3n) is 5.55. The van der Waals surface area contributed by atoms with E-state index in [9.17, 15) is 4.79 Å². The maximum atomic E-state index is 11.2. The lowest BCUT2D eigenvalue weighted by Gasteiger charge is -2.39. The summed E-state index contributed by atoms with van der Waals surface area (Å²) in [5, 5.41) is 3.54. The van der Waals surface area contributed by atoms with Crippen molar-refractivity contribution in [2.45, 2.75) is 39.2 Å². The van der Waals surface area contributed by atoms with Crippen molar-refractivity contribution in [3.63, 3.8) is 0 Å². The first-order chi connectivity index (χ1) is 12.0. The number of piperidine rings is 1. The maximum absolute atomic E-state index is 11.2. The molecular weight excluding hydrogens is 316 g/mol. The Kier molecular flexibility index (Phi) is 7.96. The van der Waals surface area contributed by atoms with Gasteiger partial charge in [-0.05, 0) is 32.2 Å². The second kappa shape index (κ2) is 9.97. The van der Waals surface area contributed by atoms with Crippen molar-refractivity contribution in [3.8, 4) is 0 Å². The van der Waals surface area contributed by atoms with E-state index in [1.807, 2.05) is 7.05 Å². The number of guanidine groups is 1. The highest BCUT2D eigenvalue weighted by molar-refractivity contribution is 5.80. The molecule has 2 aliphatic heterocycles. The standard InChI is InChI=1S/C18H36N6O/c1-4-22-8-10-23(11-9-22)15(2)13-21-18(20-3)24-7-5-6-16(14-24)12-17(19)25/h15-16H,4-14H2,1-3H3,(H2,19,25)(H,20,21). The minimum Gasteiger partial charge on any atom is -0.370 e. The van der Waals surface area contributed by atoms with Gasteiger partial charge in [0.05, 0.1) is 0 Å². The molecule has 2 fully saturated rings. The summed E-state index contributed by atoms with van der Waals surface area (Å²) in [5.41, 5.74) is 5.37. The minimum atomic E-state index is -0.199. The molecule has 2 rings (SSSR count). The number of carbonyl (C=O) groups excluding carboxylic acids is 1. The van der Waals surface area contributed by atoms with Gasteiger partial charge in [-0.1, -0.05) is 6.92 Å². The summed E-state index contributed by atoms with van der Waals surface area (Å²) in [6.07, 6.45) is 2.65. The van der Waals surface area contributed by atoms with Gasteiger partial charge < -0.3 is 20.9 Å². The zero-order chi connectivity index (χ0) is 18.2. The van der Waals surface area contributed by atoms with Gasteiger partial charge >= 0.3 is 0 Å². The summed E-state index contributed by atoms with van der Waals surface area (Å²) in [5.74, 6) is 1.10. The topological polar surface area (TPSA) is 77.2 Å². The molecule has 0 aliphatic carbocycles. The average molecular weight is 353 g/mol. The summed E-state index contributed by atoms with van der Waals surface area (Å²) in [7, 11) is 1.84. The first-order valence-electron chi connectivity index (χ1n) is 9.73. The fraction of sp³-hybridized carbons (Fsp3) is 0.889. The van der Waals surface area contributed by atoms with Gasteiger partial charge in [-0.3, -0.25) is 14.7 Å². The Morgan fingerprint density at radius 3 is 2.60 bits per heavy atom. The van der Waals surface area contributed by atoms with Crippen molar-refractivity contribution in [1.82, 2.24) is 20.0 Å². The summed E-state index contributed by atoms with van der Waals surface area (Å²) < 4.78 is 0. The van der Waals surface area contributed by atoms with Gasteiger partial charge in [0, 0.05) is 65.3 Å². The molecule has 0 spiro atoms. The van der Waals surface area contributed by atoms with Crippen molar-refractivity contribution in [3.05, 3.63) is 0 Å². The van der Waals surface area contributed by atoms with Crippen molar-refractivity contribution < 1.29 is 4.79 Å². The molecule has 2 unspecified atom stereocenters. The lowest BCUT2D eigenvalue weighted by Crippen LogP contribution is -2.54. The van der Waals surface area contributed by atoms with Crippen molar-refractivity contribution in [2.24, 2.45) is 16.6 Å². The molecular formula is C18H36N6O. The zero-order valence-corrected chi connectivity index (χ0v) is 16.2. The minimum absolute atomic E-state index is 0.199. The smallest absolute Gasteiger partial charge is 0.217 e. The van der Waals surface area contributed by atoms with Gasteiger partial charge in [0.2, 0.25) is 5.91 Å². The highest BCUT2D eigenvalue weighted by Gasteiger charge is 2.25. The van der Waals surface area contributed by atoms with E-state index in [0.717, 1.165) is 71.2 Å². The molecule has 0 bridgehead atoms. The number of hydrogen-bond acceptors (Lipinski definition) is 4. The Hall–Kier alpha value is -1.34. The summed E-state index contributed by atoms with van der Waals surface area (Å²) in [4.78, 5) is 23.0. The predicted octanol–water partition coefficient (Wildman–Crippen LogP) is 0.175. The second-order valence-electron chi connectivity index (χ2n) is 7.37. The predicted molar refractivity (Wildman–Crippen MR) is 103 cm³/mol. The van der Waals surface area contributed by atoms with Crippen LogP contribution in [0.2, 0.25) is 0 Å². The maximum Gasteiger partial charge on any atom is 0.217 e. The number of aliphatic imine (C=N–C) groups is 1.